The van der Waals surface area contributed by atoms with E-state index in [-0.39, 0.29) is 42.2 Å². The number of halogens is 2. The quantitative estimate of drug-likeness (QED) is 0.660. The van der Waals surface area contributed by atoms with Gasteiger partial charge in [0.25, 0.3) is 0 Å². The third kappa shape index (κ3) is 4.24. The van der Waals surface area contributed by atoms with Crippen LogP contribution < -0.4 is 14.8 Å². The number of aromatic nitrogens is 3. The third-order valence-corrected chi connectivity index (χ3v) is 6.22. The molecule has 1 amide bonds. The largest absolute Gasteiger partial charge is 0.493 e. The van der Waals surface area contributed by atoms with E-state index >= 15 is 0 Å². The van der Waals surface area contributed by atoms with Crippen molar-refractivity contribution < 1.29 is 23.0 Å². The van der Waals surface area contributed by atoms with Gasteiger partial charge < -0.3 is 14.8 Å². The summed E-state index contributed by atoms with van der Waals surface area (Å²) in [5.74, 6) is -0.841. The smallest absolute Gasteiger partial charge is 0.229 e. The summed E-state index contributed by atoms with van der Waals surface area (Å²) >= 11 is 0. The second-order valence-corrected chi connectivity index (χ2v) is 8.22. The number of aryl methyl sites for hydroxylation is 2. The first-order chi connectivity index (χ1) is 15.4. The van der Waals surface area contributed by atoms with Crippen LogP contribution in [0, 0.1) is 30.0 Å². The first-order valence-electron chi connectivity index (χ1n) is 10.6. The van der Waals surface area contributed by atoms with E-state index in [2.05, 4.69) is 15.4 Å². The fourth-order valence-electron chi connectivity index (χ4n) is 4.26. The van der Waals surface area contributed by atoms with Crippen LogP contribution in [0.5, 0.6) is 11.5 Å². The molecular formula is C23H26F2N4O3. The van der Waals surface area contributed by atoms with Crippen LogP contribution in [0.3, 0.4) is 0 Å². The van der Waals surface area contributed by atoms with Crippen molar-refractivity contribution in [2.24, 2.45) is 17.3 Å². The van der Waals surface area contributed by atoms with Crippen molar-refractivity contribution in [2.45, 2.75) is 33.2 Å². The molecule has 1 saturated carbocycles. The standard InChI is InChI=1S/C23H26F2N4O3/c1-4-29-12-20(14(2)28-29)32-13-23(15-6-5-7-16(24)8-15)10-17(23)22(30)27-21-9-19(31-3)18(25)11-26-21/h5-7,9,11-12,15,17H,4,8,10,13H2,1-3H3,(H,26,27,30)/t15?,17-,23+/m0/s1. The summed E-state index contributed by atoms with van der Waals surface area (Å²) in [6.45, 7) is 4.82. The van der Waals surface area contributed by atoms with Crippen LogP contribution in [0.4, 0.5) is 14.6 Å². The van der Waals surface area contributed by atoms with Crippen LogP contribution in [0.25, 0.3) is 0 Å². The monoisotopic (exact) mass is 444 g/mol. The molecule has 7 nitrogen and oxygen atoms in total. The van der Waals surface area contributed by atoms with Gasteiger partial charge in [0.15, 0.2) is 17.3 Å². The average Bonchev–Trinajstić information content (AvgIpc) is 3.42. The molecule has 2 aliphatic rings. The van der Waals surface area contributed by atoms with Crippen LogP contribution in [0.1, 0.15) is 25.5 Å². The lowest BCUT2D eigenvalue weighted by atomic mass is 9.82. The maximum Gasteiger partial charge on any atom is 0.229 e. The van der Waals surface area contributed by atoms with Crippen LogP contribution in [-0.4, -0.2) is 34.4 Å². The molecule has 9 heteroatoms. The van der Waals surface area contributed by atoms with Gasteiger partial charge in [-0.2, -0.15) is 5.10 Å². The number of ether oxygens (including phenoxy) is 2. The molecule has 0 aliphatic heterocycles. The van der Waals surface area contributed by atoms with E-state index in [1.165, 1.54) is 19.3 Å². The van der Waals surface area contributed by atoms with Crippen molar-refractivity contribution in [1.82, 2.24) is 14.8 Å². The number of methoxy groups -OCH3 is 1. The van der Waals surface area contributed by atoms with Crippen LogP contribution in [0.15, 0.2) is 42.5 Å². The highest BCUT2D eigenvalue weighted by Crippen LogP contribution is 2.61. The van der Waals surface area contributed by atoms with E-state index < -0.39 is 17.2 Å². The lowest BCUT2D eigenvalue weighted by Gasteiger charge is -2.27. The number of nitrogens with zero attached hydrogens (tertiary/aromatic N) is 3. The Morgan fingerprint density at radius 2 is 2.19 bits per heavy atom. The Kier molecular flexibility index (Phi) is 5.99. The van der Waals surface area contributed by atoms with Crippen LogP contribution >= 0.6 is 0 Å². The van der Waals surface area contributed by atoms with E-state index in [0.29, 0.717) is 12.2 Å². The van der Waals surface area contributed by atoms with Gasteiger partial charge in [0.1, 0.15) is 17.3 Å². The molecule has 2 aliphatic carbocycles. The number of nitrogens with one attached hydrogen (secondary N) is 1. The third-order valence-electron chi connectivity index (χ3n) is 6.22. The van der Waals surface area contributed by atoms with Crippen LogP contribution in [-0.2, 0) is 11.3 Å². The number of amides is 1. The molecule has 2 heterocycles. The number of rotatable bonds is 8. The molecular weight excluding hydrogens is 418 g/mol. The zero-order valence-corrected chi connectivity index (χ0v) is 18.3. The molecule has 1 unspecified atom stereocenters. The molecule has 0 radical (unpaired) electrons. The molecule has 32 heavy (non-hydrogen) atoms. The second-order valence-electron chi connectivity index (χ2n) is 8.22. The highest BCUT2D eigenvalue weighted by atomic mass is 19.1. The van der Waals surface area contributed by atoms with Crippen molar-refractivity contribution >= 4 is 11.7 Å². The minimum Gasteiger partial charge on any atom is -0.493 e. The Morgan fingerprint density at radius 1 is 1.38 bits per heavy atom. The SMILES string of the molecule is CCn1cc(OC[C@@]2(C3C=CC=C(F)C3)C[C@H]2C(=O)Nc2cc(OC)c(F)cn2)c(C)n1. The zero-order chi connectivity index (χ0) is 22.9. The lowest BCUT2D eigenvalue weighted by Crippen LogP contribution is -2.30. The topological polar surface area (TPSA) is 78.3 Å². The van der Waals surface area contributed by atoms with Crippen molar-refractivity contribution in [3.63, 3.8) is 0 Å². The van der Waals surface area contributed by atoms with Gasteiger partial charge in [-0.1, -0.05) is 12.2 Å². The predicted molar refractivity (Wildman–Crippen MR) is 114 cm³/mol. The molecule has 4 rings (SSSR count). The minimum absolute atomic E-state index is 0.00785. The number of allylic oxidation sites excluding steroid dienone is 4. The van der Waals surface area contributed by atoms with Crippen molar-refractivity contribution in [3.05, 3.63) is 54.0 Å². The highest BCUT2D eigenvalue weighted by molar-refractivity contribution is 5.94. The molecule has 0 aromatic carbocycles. The maximum atomic E-state index is 14.1. The van der Waals surface area contributed by atoms with Gasteiger partial charge in [-0.25, -0.2) is 13.8 Å². The predicted octanol–water partition coefficient (Wildman–Crippen LogP) is 4.21. The van der Waals surface area contributed by atoms with Crippen molar-refractivity contribution in [2.75, 3.05) is 19.0 Å². The molecule has 0 saturated heterocycles. The molecule has 170 valence electrons. The number of carbonyl (C=O) groups excluding carboxylic acids is 1. The summed E-state index contributed by atoms with van der Waals surface area (Å²) in [6, 6.07) is 1.33. The molecule has 2 aromatic rings. The summed E-state index contributed by atoms with van der Waals surface area (Å²) in [5, 5.41) is 7.12. The number of hydrogen-bond donors (Lipinski definition) is 1. The molecule has 0 spiro atoms. The normalized spacial score (nSPS) is 24.1. The first kappa shape index (κ1) is 22.0. The van der Waals surface area contributed by atoms with Gasteiger partial charge in [-0.3, -0.25) is 9.48 Å². The van der Waals surface area contributed by atoms with E-state index in [9.17, 15) is 13.6 Å². The summed E-state index contributed by atoms with van der Waals surface area (Å²) < 4.78 is 40.5. The molecule has 1 N–H and O–H groups in total. The highest BCUT2D eigenvalue weighted by Gasteiger charge is 2.62. The van der Waals surface area contributed by atoms with E-state index in [0.717, 1.165) is 18.4 Å². The maximum absolute atomic E-state index is 14.1. The van der Waals surface area contributed by atoms with Gasteiger partial charge in [-0.15, -0.1) is 0 Å². The van der Waals surface area contributed by atoms with Gasteiger partial charge >= 0.3 is 0 Å². The molecule has 0 bridgehead atoms. The lowest BCUT2D eigenvalue weighted by molar-refractivity contribution is -0.118. The molecule has 1 fully saturated rings. The summed E-state index contributed by atoms with van der Waals surface area (Å²) in [4.78, 5) is 17.0. The van der Waals surface area contributed by atoms with Gasteiger partial charge in [0.05, 0.1) is 26.1 Å². The van der Waals surface area contributed by atoms with Crippen LogP contribution in [0.2, 0.25) is 0 Å². The summed E-state index contributed by atoms with van der Waals surface area (Å²) in [6.07, 6.45) is 8.64. The molecule has 3 atom stereocenters. The fourth-order valence-corrected chi connectivity index (χ4v) is 4.26. The zero-order valence-electron chi connectivity index (χ0n) is 18.3. The van der Waals surface area contributed by atoms with Gasteiger partial charge in [0, 0.05) is 30.4 Å². The molecule has 2 aromatic heterocycles. The Hall–Kier alpha value is -3.23. The van der Waals surface area contributed by atoms with Crippen molar-refractivity contribution in [3.8, 4) is 11.5 Å². The Morgan fingerprint density at radius 3 is 2.88 bits per heavy atom. The number of anilines is 1. The Balaban J connectivity index is 1.52. The van der Waals surface area contributed by atoms with Gasteiger partial charge in [0.2, 0.25) is 5.91 Å². The minimum atomic E-state index is -0.614. The van der Waals surface area contributed by atoms with E-state index in [1.54, 1.807) is 10.8 Å². The van der Waals surface area contributed by atoms with Gasteiger partial charge in [-0.05, 0) is 32.3 Å². The summed E-state index contributed by atoms with van der Waals surface area (Å²) in [7, 11) is 1.34. The number of pyridine rings is 1. The first-order valence-corrected chi connectivity index (χ1v) is 10.6. The Labute approximate surface area is 185 Å². The van der Waals surface area contributed by atoms with E-state index in [4.69, 9.17) is 9.47 Å². The summed E-state index contributed by atoms with van der Waals surface area (Å²) in [5.41, 5.74) is 0.202. The number of hydrogen-bond acceptors (Lipinski definition) is 5. The Bertz CT molecular complexity index is 1080. The number of carbonyl (C=O) groups is 1. The van der Waals surface area contributed by atoms with Crippen molar-refractivity contribution in [1.29, 1.82) is 0 Å². The average molecular weight is 444 g/mol. The fraction of sp³-hybridized carbons (Fsp3) is 0.435. The van der Waals surface area contributed by atoms with E-state index in [1.807, 2.05) is 26.1 Å². The second kappa shape index (κ2) is 8.72.